The minimum absolute atomic E-state index is 0.0775. The lowest BCUT2D eigenvalue weighted by molar-refractivity contribution is -0.117. The molecule has 0 bridgehead atoms. The maximum atomic E-state index is 12.6. The van der Waals surface area contributed by atoms with Crippen LogP contribution in [0.15, 0.2) is 24.3 Å². The summed E-state index contributed by atoms with van der Waals surface area (Å²) in [6.07, 6.45) is 0.770. The SMILES string of the molecule is COC(=O)c1c(NC(=O)[C@@H]2C[C@H]2c2ccccc2Cl)sc(C)c1C. The summed E-state index contributed by atoms with van der Waals surface area (Å²) in [6, 6.07) is 7.60. The Bertz CT molecular complexity index is 815. The highest BCUT2D eigenvalue weighted by Gasteiger charge is 2.45. The lowest BCUT2D eigenvalue weighted by Crippen LogP contribution is -2.16. The number of anilines is 1. The molecule has 1 saturated carbocycles. The first-order valence-electron chi connectivity index (χ1n) is 7.67. The molecule has 1 heterocycles. The van der Waals surface area contributed by atoms with Gasteiger partial charge in [0.15, 0.2) is 0 Å². The van der Waals surface area contributed by atoms with Crippen molar-refractivity contribution in [1.82, 2.24) is 0 Å². The first kappa shape index (κ1) is 17.0. The number of esters is 1. The largest absolute Gasteiger partial charge is 0.465 e. The lowest BCUT2D eigenvalue weighted by atomic mass is 10.1. The van der Waals surface area contributed by atoms with E-state index in [1.807, 2.05) is 38.1 Å². The van der Waals surface area contributed by atoms with Gasteiger partial charge >= 0.3 is 5.97 Å². The second-order valence-corrected chi connectivity index (χ2v) is 7.57. The van der Waals surface area contributed by atoms with Gasteiger partial charge in [0.2, 0.25) is 5.91 Å². The van der Waals surface area contributed by atoms with Gasteiger partial charge in [-0.05, 0) is 43.4 Å². The standard InChI is InChI=1S/C18H18ClNO3S/c1-9-10(2)24-17(15(9)18(22)23-3)20-16(21)13-8-12(13)11-6-4-5-7-14(11)19/h4-7,12-13H,8H2,1-3H3,(H,20,21)/t12-,13+/m0/s1. The van der Waals surface area contributed by atoms with Crippen molar-refractivity contribution in [3.05, 3.63) is 50.9 Å². The lowest BCUT2D eigenvalue weighted by Gasteiger charge is -2.07. The van der Waals surface area contributed by atoms with Crippen molar-refractivity contribution in [1.29, 1.82) is 0 Å². The number of thiophene rings is 1. The molecular weight excluding hydrogens is 346 g/mol. The van der Waals surface area contributed by atoms with E-state index in [0.717, 1.165) is 22.4 Å². The zero-order chi connectivity index (χ0) is 17.4. The highest BCUT2D eigenvalue weighted by molar-refractivity contribution is 7.16. The molecule has 24 heavy (non-hydrogen) atoms. The molecule has 0 unspecified atom stereocenters. The molecule has 1 N–H and O–H groups in total. The molecule has 1 aromatic carbocycles. The zero-order valence-electron chi connectivity index (χ0n) is 13.7. The van der Waals surface area contributed by atoms with Crippen LogP contribution in [0.25, 0.3) is 0 Å². The van der Waals surface area contributed by atoms with Gasteiger partial charge in [-0.25, -0.2) is 4.79 Å². The molecule has 1 aliphatic rings. The van der Waals surface area contributed by atoms with Crippen LogP contribution >= 0.6 is 22.9 Å². The van der Waals surface area contributed by atoms with Gasteiger partial charge in [0.25, 0.3) is 0 Å². The van der Waals surface area contributed by atoms with Crippen molar-refractivity contribution in [2.45, 2.75) is 26.2 Å². The molecule has 1 amide bonds. The smallest absolute Gasteiger partial charge is 0.341 e. The Hall–Kier alpha value is -1.85. The molecule has 1 aliphatic carbocycles. The summed E-state index contributed by atoms with van der Waals surface area (Å²) in [6.45, 7) is 3.78. The van der Waals surface area contributed by atoms with Gasteiger partial charge < -0.3 is 10.1 Å². The third-order valence-electron chi connectivity index (χ3n) is 4.44. The highest BCUT2D eigenvalue weighted by atomic mass is 35.5. The van der Waals surface area contributed by atoms with E-state index in [1.54, 1.807) is 0 Å². The number of rotatable bonds is 4. The summed E-state index contributed by atoms with van der Waals surface area (Å²) in [5.41, 5.74) is 2.30. The minimum Gasteiger partial charge on any atom is -0.465 e. The molecule has 4 nitrogen and oxygen atoms in total. The quantitative estimate of drug-likeness (QED) is 0.811. The fourth-order valence-corrected chi connectivity index (χ4v) is 4.20. The Morgan fingerprint density at radius 2 is 2.00 bits per heavy atom. The number of carbonyl (C=O) groups excluding carboxylic acids is 2. The summed E-state index contributed by atoms with van der Waals surface area (Å²) in [7, 11) is 1.34. The maximum absolute atomic E-state index is 12.6. The zero-order valence-corrected chi connectivity index (χ0v) is 15.3. The molecule has 6 heteroatoms. The molecule has 2 atom stereocenters. The predicted molar refractivity (Wildman–Crippen MR) is 96.1 cm³/mol. The van der Waals surface area contributed by atoms with Gasteiger partial charge in [0, 0.05) is 15.8 Å². The van der Waals surface area contributed by atoms with E-state index in [-0.39, 0.29) is 17.7 Å². The summed E-state index contributed by atoms with van der Waals surface area (Å²) in [5, 5.41) is 4.16. The number of carbonyl (C=O) groups is 2. The van der Waals surface area contributed by atoms with Crippen LogP contribution in [0.5, 0.6) is 0 Å². The van der Waals surface area contributed by atoms with Gasteiger partial charge in [-0.1, -0.05) is 29.8 Å². The van der Waals surface area contributed by atoms with Crippen molar-refractivity contribution in [3.63, 3.8) is 0 Å². The van der Waals surface area contributed by atoms with Crippen LogP contribution in [0.2, 0.25) is 5.02 Å². The number of halogens is 1. The van der Waals surface area contributed by atoms with E-state index in [1.165, 1.54) is 18.4 Å². The number of methoxy groups -OCH3 is 1. The van der Waals surface area contributed by atoms with Crippen LogP contribution in [-0.4, -0.2) is 19.0 Å². The molecule has 0 spiro atoms. The number of nitrogens with one attached hydrogen (secondary N) is 1. The van der Waals surface area contributed by atoms with Crippen molar-refractivity contribution < 1.29 is 14.3 Å². The molecule has 1 fully saturated rings. The molecule has 0 saturated heterocycles. The van der Waals surface area contributed by atoms with E-state index in [9.17, 15) is 9.59 Å². The van der Waals surface area contributed by atoms with Crippen LogP contribution < -0.4 is 5.32 Å². The van der Waals surface area contributed by atoms with Gasteiger partial charge in [0.05, 0.1) is 12.7 Å². The number of aryl methyl sites for hydroxylation is 1. The van der Waals surface area contributed by atoms with E-state index in [2.05, 4.69) is 5.32 Å². The van der Waals surface area contributed by atoms with E-state index >= 15 is 0 Å². The van der Waals surface area contributed by atoms with Crippen LogP contribution in [0.4, 0.5) is 5.00 Å². The third kappa shape index (κ3) is 3.06. The molecule has 2 aromatic rings. The normalized spacial score (nSPS) is 19.0. The minimum atomic E-state index is -0.425. The molecule has 1 aromatic heterocycles. The Labute approximate surface area is 149 Å². The molecule has 0 radical (unpaired) electrons. The fraction of sp³-hybridized carbons (Fsp3) is 0.333. The molecule has 126 valence electrons. The number of hydrogen-bond acceptors (Lipinski definition) is 4. The number of ether oxygens (including phenoxy) is 1. The third-order valence-corrected chi connectivity index (χ3v) is 5.91. The van der Waals surface area contributed by atoms with Crippen molar-refractivity contribution in [3.8, 4) is 0 Å². The van der Waals surface area contributed by atoms with Gasteiger partial charge in [-0.15, -0.1) is 11.3 Å². The number of benzene rings is 1. The van der Waals surface area contributed by atoms with Crippen LogP contribution in [0.1, 0.15) is 38.7 Å². The first-order valence-corrected chi connectivity index (χ1v) is 8.87. The Morgan fingerprint density at radius 1 is 1.29 bits per heavy atom. The fourth-order valence-electron chi connectivity index (χ4n) is 2.87. The maximum Gasteiger partial charge on any atom is 0.341 e. The molecule has 0 aliphatic heterocycles. The van der Waals surface area contributed by atoms with Gasteiger partial charge in [-0.2, -0.15) is 0 Å². The molecule has 3 rings (SSSR count). The monoisotopic (exact) mass is 363 g/mol. The van der Waals surface area contributed by atoms with E-state index in [0.29, 0.717) is 15.6 Å². The van der Waals surface area contributed by atoms with Crippen molar-refractivity contribution in [2.75, 3.05) is 12.4 Å². The number of amides is 1. The Balaban J connectivity index is 1.77. The van der Waals surface area contributed by atoms with Crippen LogP contribution in [0, 0.1) is 19.8 Å². The van der Waals surface area contributed by atoms with E-state index in [4.69, 9.17) is 16.3 Å². The predicted octanol–water partition coefficient (Wildman–Crippen LogP) is 4.55. The Kier molecular flexibility index (Phi) is 4.65. The average Bonchev–Trinajstić information content (AvgIpc) is 3.30. The second kappa shape index (κ2) is 6.57. The summed E-state index contributed by atoms with van der Waals surface area (Å²) >= 11 is 7.61. The van der Waals surface area contributed by atoms with Crippen molar-refractivity contribution >= 4 is 39.8 Å². The topological polar surface area (TPSA) is 55.4 Å². The molecular formula is C18H18ClNO3S. The highest BCUT2D eigenvalue weighted by Crippen LogP contribution is 2.50. The van der Waals surface area contributed by atoms with Crippen LogP contribution in [-0.2, 0) is 9.53 Å². The van der Waals surface area contributed by atoms with Gasteiger partial charge in [-0.3, -0.25) is 4.79 Å². The number of hydrogen-bond donors (Lipinski definition) is 1. The van der Waals surface area contributed by atoms with Gasteiger partial charge in [0.1, 0.15) is 5.00 Å². The average molecular weight is 364 g/mol. The van der Waals surface area contributed by atoms with E-state index < -0.39 is 5.97 Å². The van der Waals surface area contributed by atoms with Crippen molar-refractivity contribution in [2.24, 2.45) is 5.92 Å². The summed E-state index contributed by atoms with van der Waals surface area (Å²) in [5.74, 6) is -0.475. The van der Waals surface area contributed by atoms with Crippen LogP contribution in [0.3, 0.4) is 0 Å². The summed E-state index contributed by atoms with van der Waals surface area (Å²) in [4.78, 5) is 25.5. The Morgan fingerprint density at radius 3 is 2.67 bits per heavy atom. The first-order chi connectivity index (χ1) is 11.4. The summed E-state index contributed by atoms with van der Waals surface area (Å²) < 4.78 is 4.83. The second-order valence-electron chi connectivity index (χ2n) is 5.94.